The Hall–Kier alpha value is -2.15. The second-order valence-corrected chi connectivity index (χ2v) is 6.68. The maximum Gasteiger partial charge on any atom is 0.254 e. The minimum atomic E-state index is -0.436. The van der Waals surface area contributed by atoms with Gasteiger partial charge in [0.25, 0.3) is 5.56 Å². The van der Waals surface area contributed by atoms with E-state index < -0.39 is 5.82 Å². The van der Waals surface area contributed by atoms with Gasteiger partial charge in [-0.05, 0) is 31.4 Å². The van der Waals surface area contributed by atoms with E-state index in [4.69, 9.17) is 0 Å². The molecular weight excluding hydrogens is 341 g/mol. The average molecular weight is 363 g/mol. The van der Waals surface area contributed by atoms with Crippen molar-refractivity contribution in [3.05, 3.63) is 52.2 Å². The number of halogens is 1. The van der Waals surface area contributed by atoms with Gasteiger partial charge in [0.05, 0.1) is 5.69 Å². The molecule has 0 radical (unpaired) electrons. The molecule has 25 heavy (non-hydrogen) atoms. The van der Waals surface area contributed by atoms with Crippen LogP contribution in [0.1, 0.15) is 31.9 Å². The number of amides is 1. The number of hydrogen-bond donors (Lipinski definition) is 1. The summed E-state index contributed by atoms with van der Waals surface area (Å²) < 4.78 is 15.0. The fraction of sp³-hybridized carbons (Fsp3) is 0.389. The molecule has 0 aliphatic heterocycles. The van der Waals surface area contributed by atoms with E-state index in [1.165, 1.54) is 28.5 Å². The van der Waals surface area contributed by atoms with E-state index in [9.17, 15) is 14.0 Å². The summed E-state index contributed by atoms with van der Waals surface area (Å²) in [5.74, 6) is 0.128. The van der Waals surface area contributed by atoms with Crippen molar-refractivity contribution in [2.45, 2.75) is 37.8 Å². The Balaban J connectivity index is 1.75. The summed E-state index contributed by atoms with van der Waals surface area (Å²) in [6.07, 6.45) is 2.55. The number of anilines is 1. The van der Waals surface area contributed by atoms with E-state index in [1.54, 1.807) is 25.2 Å². The molecule has 1 heterocycles. The molecular formula is C18H22FN3O2S. The standard InChI is InChI=1S/C18H22FN3O2S/c1-3-13-12-17(24)22(2)18(20-13)25-11-7-6-10-16(23)21-15-9-5-4-8-14(15)19/h4-5,8-9,12H,3,6-7,10-11H2,1-2H3,(H,21,23). The molecule has 0 aliphatic carbocycles. The molecule has 0 saturated heterocycles. The van der Waals surface area contributed by atoms with Gasteiger partial charge in [-0.1, -0.05) is 30.8 Å². The lowest BCUT2D eigenvalue weighted by Crippen LogP contribution is -2.20. The molecule has 0 fully saturated rings. The summed E-state index contributed by atoms with van der Waals surface area (Å²) in [6, 6.07) is 7.66. The van der Waals surface area contributed by atoms with Crippen molar-refractivity contribution in [1.82, 2.24) is 9.55 Å². The van der Waals surface area contributed by atoms with Gasteiger partial charge in [-0.25, -0.2) is 9.37 Å². The number of carbonyl (C=O) groups excluding carboxylic acids is 1. The number of benzene rings is 1. The number of thioether (sulfide) groups is 1. The van der Waals surface area contributed by atoms with E-state index in [1.807, 2.05) is 6.92 Å². The summed E-state index contributed by atoms with van der Waals surface area (Å²) in [4.78, 5) is 28.1. The van der Waals surface area contributed by atoms with Crippen LogP contribution in [0, 0.1) is 5.82 Å². The van der Waals surface area contributed by atoms with Crippen molar-refractivity contribution < 1.29 is 9.18 Å². The summed E-state index contributed by atoms with van der Waals surface area (Å²) in [5, 5.41) is 3.27. The van der Waals surface area contributed by atoms with Crippen LogP contribution in [0.2, 0.25) is 0 Å². The molecule has 0 aliphatic rings. The molecule has 134 valence electrons. The highest BCUT2D eigenvalue weighted by molar-refractivity contribution is 7.99. The van der Waals surface area contributed by atoms with Gasteiger partial charge < -0.3 is 5.32 Å². The molecule has 7 heteroatoms. The first-order valence-corrected chi connectivity index (χ1v) is 9.24. The zero-order chi connectivity index (χ0) is 18.2. The van der Waals surface area contributed by atoms with Gasteiger partial charge in [-0.15, -0.1) is 0 Å². The molecule has 1 amide bonds. The zero-order valence-electron chi connectivity index (χ0n) is 14.4. The highest BCUT2D eigenvalue weighted by atomic mass is 32.2. The molecule has 1 aromatic carbocycles. The molecule has 1 N–H and O–H groups in total. The van der Waals surface area contributed by atoms with E-state index in [2.05, 4.69) is 10.3 Å². The number of unbranched alkanes of at least 4 members (excludes halogenated alkanes) is 1. The Bertz CT molecular complexity index is 792. The normalized spacial score (nSPS) is 10.7. The van der Waals surface area contributed by atoms with Crippen molar-refractivity contribution in [2.24, 2.45) is 7.05 Å². The number of carbonyl (C=O) groups is 1. The fourth-order valence-electron chi connectivity index (χ4n) is 2.20. The lowest BCUT2D eigenvalue weighted by molar-refractivity contribution is -0.116. The quantitative estimate of drug-likeness (QED) is 0.444. The van der Waals surface area contributed by atoms with Crippen LogP contribution in [0.25, 0.3) is 0 Å². The van der Waals surface area contributed by atoms with Crippen LogP contribution in [0.4, 0.5) is 10.1 Å². The number of nitrogens with zero attached hydrogens (tertiary/aromatic N) is 2. The maximum absolute atomic E-state index is 13.5. The van der Waals surface area contributed by atoms with E-state index in [0.717, 1.165) is 24.3 Å². The number of para-hydroxylation sites is 1. The molecule has 0 spiro atoms. The average Bonchev–Trinajstić information content (AvgIpc) is 2.60. The largest absolute Gasteiger partial charge is 0.324 e. The van der Waals surface area contributed by atoms with Crippen LogP contribution in [0.5, 0.6) is 0 Å². The third-order valence-corrected chi connectivity index (χ3v) is 4.80. The smallest absolute Gasteiger partial charge is 0.254 e. The van der Waals surface area contributed by atoms with Crippen LogP contribution >= 0.6 is 11.8 Å². The monoisotopic (exact) mass is 363 g/mol. The van der Waals surface area contributed by atoms with Gasteiger partial charge in [-0.2, -0.15) is 0 Å². The van der Waals surface area contributed by atoms with Gasteiger partial charge in [0.2, 0.25) is 5.91 Å². The van der Waals surface area contributed by atoms with Crippen LogP contribution in [-0.4, -0.2) is 21.2 Å². The number of nitrogens with one attached hydrogen (secondary N) is 1. The molecule has 2 rings (SSSR count). The Kier molecular flexibility index (Phi) is 7.18. The van der Waals surface area contributed by atoms with Crippen molar-refractivity contribution in [3.63, 3.8) is 0 Å². The number of aromatic nitrogens is 2. The molecule has 0 unspecified atom stereocenters. The van der Waals surface area contributed by atoms with Crippen LogP contribution in [0.3, 0.4) is 0 Å². The Morgan fingerprint density at radius 3 is 2.80 bits per heavy atom. The summed E-state index contributed by atoms with van der Waals surface area (Å²) in [6.45, 7) is 1.96. The second-order valence-electron chi connectivity index (χ2n) is 5.61. The van der Waals surface area contributed by atoms with Crippen molar-refractivity contribution in [1.29, 1.82) is 0 Å². The van der Waals surface area contributed by atoms with E-state index in [-0.39, 0.29) is 17.2 Å². The Labute approximate surface area is 150 Å². The van der Waals surface area contributed by atoms with Crippen LogP contribution < -0.4 is 10.9 Å². The lowest BCUT2D eigenvalue weighted by Gasteiger charge is -2.08. The molecule has 2 aromatic rings. The van der Waals surface area contributed by atoms with Gasteiger partial charge in [0.1, 0.15) is 5.82 Å². The fourth-order valence-corrected chi connectivity index (χ4v) is 3.20. The van der Waals surface area contributed by atoms with Gasteiger partial charge in [0.15, 0.2) is 5.16 Å². The van der Waals surface area contributed by atoms with Crippen molar-refractivity contribution in [2.75, 3.05) is 11.1 Å². The van der Waals surface area contributed by atoms with Crippen LogP contribution in [0.15, 0.2) is 40.3 Å². The second kappa shape index (κ2) is 9.36. The molecule has 0 bridgehead atoms. The van der Waals surface area contributed by atoms with Crippen LogP contribution in [-0.2, 0) is 18.3 Å². The summed E-state index contributed by atoms with van der Waals surface area (Å²) in [7, 11) is 1.71. The predicted molar refractivity (Wildman–Crippen MR) is 98.5 cm³/mol. The topological polar surface area (TPSA) is 64.0 Å². The van der Waals surface area contributed by atoms with E-state index in [0.29, 0.717) is 18.0 Å². The first-order chi connectivity index (χ1) is 12.0. The summed E-state index contributed by atoms with van der Waals surface area (Å²) in [5.41, 5.74) is 0.936. The first kappa shape index (κ1) is 19.2. The minimum absolute atomic E-state index is 0.0568. The third kappa shape index (κ3) is 5.70. The van der Waals surface area contributed by atoms with E-state index >= 15 is 0 Å². The molecule has 0 atom stereocenters. The highest BCUT2D eigenvalue weighted by Crippen LogP contribution is 2.17. The summed E-state index contributed by atoms with van der Waals surface area (Å²) >= 11 is 1.51. The SMILES string of the molecule is CCc1cc(=O)n(C)c(SCCCCC(=O)Nc2ccccc2F)n1. The first-order valence-electron chi connectivity index (χ1n) is 8.25. The maximum atomic E-state index is 13.5. The van der Waals surface area contributed by atoms with Gasteiger partial charge >= 0.3 is 0 Å². The Morgan fingerprint density at radius 1 is 1.32 bits per heavy atom. The lowest BCUT2D eigenvalue weighted by atomic mass is 10.2. The van der Waals surface area contributed by atoms with Crippen molar-refractivity contribution in [3.8, 4) is 0 Å². The zero-order valence-corrected chi connectivity index (χ0v) is 15.2. The minimum Gasteiger partial charge on any atom is -0.324 e. The number of aryl methyl sites for hydroxylation is 1. The number of rotatable bonds is 8. The third-order valence-electron chi connectivity index (χ3n) is 3.69. The Morgan fingerprint density at radius 2 is 2.08 bits per heavy atom. The van der Waals surface area contributed by atoms with Crippen molar-refractivity contribution >= 4 is 23.4 Å². The predicted octanol–water partition coefficient (Wildman–Crippen LogP) is 3.38. The van der Waals surface area contributed by atoms with Gasteiger partial charge in [0, 0.05) is 31.0 Å². The molecule has 0 saturated carbocycles. The van der Waals surface area contributed by atoms with Gasteiger partial charge in [-0.3, -0.25) is 14.2 Å². The molecule has 5 nitrogen and oxygen atoms in total. The number of hydrogen-bond acceptors (Lipinski definition) is 4. The highest BCUT2D eigenvalue weighted by Gasteiger charge is 2.08. The molecule has 1 aromatic heterocycles.